The maximum atomic E-state index is 11.3. The molecule has 2 aromatic rings. The summed E-state index contributed by atoms with van der Waals surface area (Å²) in [4.78, 5) is 11.3. The number of aliphatic carboxylic acids is 1. The molecule has 1 saturated heterocycles. The Balaban J connectivity index is 1.68. The molecule has 0 bridgehead atoms. The minimum Gasteiger partial charge on any atom is -0.481 e. The summed E-state index contributed by atoms with van der Waals surface area (Å²) in [5.41, 5.74) is 3.36. The van der Waals surface area contributed by atoms with Gasteiger partial charge in [0.1, 0.15) is 11.5 Å². The SMILES string of the molecule is CCC(C(=O)O)c1ccc(Oc2ccc(C(C)=C3SCCCS3)cc2)cc1. The van der Waals surface area contributed by atoms with E-state index >= 15 is 0 Å². The molecular weight excluding hydrogens is 376 g/mol. The number of carboxylic acid groups (broad SMARTS) is 1. The third kappa shape index (κ3) is 5.11. The molecule has 1 N–H and O–H groups in total. The van der Waals surface area contributed by atoms with E-state index in [1.54, 1.807) is 0 Å². The van der Waals surface area contributed by atoms with Gasteiger partial charge in [-0.3, -0.25) is 4.79 Å². The highest BCUT2D eigenvalue weighted by molar-refractivity contribution is 8.23. The Labute approximate surface area is 169 Å². The second-order valence-corrected chi connectivity index (χ2v) is 8.93. The molecule has 0 saturated carbocycles. The lowest BCUT2D eigenvalue weighted by Crippen LogP contribution is -2.10. The van der Waals surface area contributed by atoms with E-state index in [2.05, 4.69) is 19.1 Å². The summed E-state index contributed by atoms with van der Waals surface area (Å²) in [6, 6.07) is 15.5. The van der Waals surface area contributed by atoms with Crippen LogP contribution < -0.4 is 4.74 Å². The average molecular weight is 401 g/mol. The van der Waals surface area contributed by atoms with Crippen molar-refractivity contribution < 1.29 is 14.6 Å². The Morgan fingerprint density at radius 1 is 1.04 bits per heavy atom. The van der Waals surface area contributed by atoms with Gasteiger partial charge in [0.25, 0.3) is 0 Å². The van der Waals surface area contributed by atoms with Crippen molar-refractivity contribution in [3.05, 3.63) is 63.9 Å². The van der Waals surface area contributed by atoms with E-state index in [1.807, 2.05) is 66.8 Å². The fourth-order valence-electron chi connectivity index (χ4n) is 2.99. The Kier molecular flexibility index (Phi) is 6.91. The van der Waals surface area contributed by atoms with Gasteiger partial charge in [-0.2, -0.15) is 0 Å². The smallest absolute Gasteiger partial charge is 0.310 e. The topological polar surface area (TPSA) is 46.5 Å². The quantitative estimate of drug-likeness (QED) is 0.591. The van der Waals surface area contributed by atoms with Crippen LogP contribution in [0.25, 0.3) is 5.57 Å². The number of rotatable bonds is 6. The van der Waals surface area contributed by atoms with Crippen LogP contribution in [0.2, 0.25) is 0 Å². The summed E-state index contributed by atoms with van der Waals surface area (Å²) in [5, 5.41) is 9.26. The van der Waals surface area contributed by atoms with Crippen LogP contribution in [0.1, 0.15) is 43.7 Å². The van der Waals surface area contributed by atoms with Gasteiger partial charge in [0, 0.05) is 4.24 Å². The summed E-state index contributed by atoms with van der Waals surface area (Å²) in [6.07, 6.45) is 1.85. The lowest BCUT2D eigenvalue weighted by molar-refractivity contribution is -0.138. The van der Waals surface area contributed by atoms with Gasteiger partial charge in [0.15, 0.2) is 0 Å². The second kappa shape index (κ2) is 9.38. The van der Waals surface area contributed by atoms with Gasteiger partial charge in [-0.1, -0.05) is 31.2 Å². The highest BCUT2D eigenvalue weighted by Gasteiger charge is 2.17. The van der Waals surface area contributed by atoms with Gasteiger partial charge in [-0.15, -0.1) is 23.5 Å². The maximum absolute atomic E-state index is 11.3. The van der Waals surface area contributed by atoms with Gasteiger partial charge in [-0.25, -0.2) is 0 Å². The van der Waals surface area contributed by atoms with E-state index in [1.165, 1.54) is 33.3 Å². The summed E-state index contributed by atoms with van der Waals surface area (Å²) in [6.45, 7) is 4.06. The maximum Gasteiger partial charge on any atom is 0.310 e. The molecule has 1 heterocycles. The second-order valence-electron chi connectivity index (χ2n) is 6.46. The molecule has 0 amide bonds. The highest BCUT2D eigenvalue weighted by Crippen LogP contribution is 2.40. The molecule has 0 spiro atoms. The lowest BCUT2D eigenvalue weighted by atomic mass is 9.97. The zero-order valence-electron chi connectivity index (χ0n) is 15.6. The number of hydrogen-bond acceptors (Lipinski definition) is 4. The van der Waals surface area contributed by atoms with Crippen molar-refractivity contribution in [3.8, 4) is 11.5 Å². The molecule has 0 radical (unpaired) electrons. The Hall–Kier alpha value is -1.85. The van der Waals surface area contributed by atoms with E-state index in [0.29, 0.717) is 12.2 Å². The first-order valence-corrected chi connectivity index (χ1v) is 11.1. The number of allylic oxidation sites excluding steroid dienone is 1. The summed E-state index contributed by atoms with van der Waals surface area (Å²) in [5.74, 6) is 2.64. The third-order valence-electron chi connectivity index (χ3n) is 4.57. The molecule has 3 nitrogen and oxygen atoms in total. The van der Waals surface area contributed by atoms with Crippen molar-refractivity contribution in [2.75, 3.05) is 11.5 Å². The molecule has 0 aromatic heterocycles. The predicted molar refractivity (Wildman–Crippen MR) is 116 cm³/mol. The van der Waals surface area contributed by atoms with Crippen LogP contribution in [-0.4, -0.2) is 22.6 Å². The van der Waals surface area contributed by atoms with Crippen LogP contribution in [0.4, 0.5) is 0 Å². The molecule has 0 aliphatic carbocycles. The standard InChI is InChI=1S/C22H24O3S2/c1-3-20(21(23)24)17-7-11-19(12-8-17)25-18-9-5-16(6-10-18)15(2)22-26-13-4-14-27-22/h5-12,20H,3-4,13-14H2,1-2H3,(H,23,24). The van der Waals surface area contributed by atoms with Crippen LogP contribution in [0.3, 0.4) is 0 Å². The molecule has 5 heteroatoms. The van der Waals surface area contributed by atoms with E-state index in [0.717, 1.165) is 11.3 Å². The molecule has 1 fully saturated rings. The molecule has 1 atom stereocenters. The summed E-state index contributed by atoms with van der Waals surface area (Å²) in [7, 11) is 0. The first kappa shape index (κ1) is 19.9. The van der Waals surface area contributed by atoms with Gasteiger partial charge >= 0.3 is 5.97 Å². The van der Waals surface area contributed by atoms with Crippen LogP contribution in [-0.2, 0) is 4.79 Å². The number of carboxylic acids is 1. The lowest BCUT2D eigenvalue weighted by Gasteiger charge is -2.16. The molecule has 1 aliphatic rings. The number of thioether (sulfide) groups is 2. The fraction of sp³-hybridized carbons (Fsp3) is 0.318. The predicted octanol–water partition coefficient (Wildman–Crippen LogP) is 6.62. The first-order chi connectivity index (χ1) is 13.1. The van der Waals surface area contributed by atoms with E-state index in [4.69, 9.17) is 4.74 Å². The molecule has 3 rings (SSSR count). The largest absolute Gasteiger partial charge is 0.481 e. The van der Waals surface area contributed by atoms with E-state index < -0.39 is 11.9 Å². The van der Waals surface area contributed by atoms with Gasteiger partial charge in [-0.05, 0) is 72.2 Å². The minimum atomic E-state index is -0.791. The van der Waals surface area contributed by atoms with Gasteiger partial charge < -0.3 is 9.84 Å². The zero-order chi connectivity index (χ0) is 19.2. The number of hydrogen-bond donors (Lipinski definition) is 1. The number of benzene rings is 2. The number of ether oxygens (including phenoxy) is 1. The molecule has 142 valence electrons. The van der Waals surface area contributed by atoms with Crippen molar-refractivity contribution in [2.45, 2.75) is 32.6 Å². The zero-order valence-corrected chi connectivity index (χ0v) is 17.2. The molecular formula is C22H24O3S2. The molecule has 1 aliphatic heterocycles. The minimum absolute atomic E-state index is 0.468. The van der Waals surface area contributed by atoms with Crippen molar-refractivity contribution >= 4 is 35.1 Å². The third-order valence-corrected chi connectivity index (χ3v) is 7.40. The Morgan fingerprint density at radius 3 is 2.11 bits per heavy atom. The Bertz CT molecular complexity index is 802. The molecule has 2 aromatic carbocycles. The molecule has 27 heavy (non-hydrogen) atoms. The van der Waals surface area contributed by atoms with E-state index in [9.17, 15) is 9.90 Å². The van der Waals surface area contributed by atoms with Crippen LogP contribution in [0, 0.1) is 0 Å². The van der Waals surface area contributed by atoms with Gasteiger partial charge in [0.2, 0.25) is 0 Å². The fourth-order valence-corrected chi connectivity index (χ4v) is 5.63. The van der Waals surface area contributed by atoms with Crippen LogP contribution >= 0.6 is 23.5 Å². The van der Waals surface area contributed by atoms with Gasteiger partial charge in [0.05, 0.1) is 5.92 Å². The van der Waals surface area contributed by atoms with Crippen LogP contribution in [0.15, 0.2) is 52.8 Å². The average Bonchev–Trinajstić information content (AvgIpc) is 2.70. The molecule has 1 unspecified atom stereocenters. The van der Waals surface area contributed by atoms with E-state index in [-0.39, 0.29) is 0 Å². The van der Waals surface area contributed by atoms with Crippen molar-refractivity contribution in [3.63, 3.8) is 0 Å². The summed E-state index contributed by atoms with van der Waals surface area (Å²) < 4.78 is 7.34. The number of carbonyl (C=O) groups is 1. The van der Waals surface area contributed by atoms with Crippen LogP contribution in [0.5, 0.6) is 11.5 Å². The summed E-state index contributed by atoms with van der Waals surface area (Å²) >= 11 is 3.90. The van der Waals surface area contributed by atoms with Crippen molar-refractivity contribution in [2.24, 2.45) is 0 Å². The first-order valence-electron chi connectivity index (χ1n) is 9.16. The van der Waals surface area contributed by atoms with Crippen molar-refractivity contribution in [1.82, 2.24) is 0 Å². The van der Waals surface area contributed by atoms with Crippen molar-refractivity contribution in [1.29, 1.82) is 0 Å². The highest BCUT2D eigenvalue weighted by atomic mass is 32.2. The monoisotopic (exact) mass is 400 g/mol. The normalized spacial score (nSPS) is 15.3. The Morgan fingerprint density at radius 2 is 1.59 bits per heavy atom.